The fourth-order valence-electron chi connectivity index (χ4n) is 1.86. The van der Waals surface area contributed by atoms with E-state index in [2.05, 4.69) is 25.9 Å². The first-order valence-electron chi connectivity index (χ1n) is 6.63. The summed E-state index contributed by atoms with van der Waals surface area (Å²) < 4.78 is 19.3. The Hall–Kier alpha value is -2.12. The van der Waals surface area contributed by atoms with E-state index in [1.807, 2.05) is 18.2 Å². The predicted molar refractivity (Wildman–Crippen MR) is 88.8 cm³/mol. The van der Waals surface area contributed by atoms with Crippen LogP contribution < -0.4 is 4.74 Å². The van der Waals surface area contributed by atoms with Crippen LogP contribution in [-0.2, 0) is 11.2 Å². The summed E-state index contributed by atoms with van der Waals surface area (Å²) in [7, 11) is 0. The predicted octanol–water partition coefficient (Wildman–Crippen LogP) is 4.25. The first-order chi connectivity index (χ1) is 11.1. The van der Waals surface area contributed by atoms with Crippen molar-refractivity contribution in [1.29, 1.82) is 0 Å². The Morgan fingerprint density at radius 3 is 2.91 bits per heavy atom. The summed E-state index contributed by atoms with van der Waals surface area (Å²) in [5.74, 6) is -1.26. The standard InChI is InChI=1S/C16H10BrFN2O2S/c17-10-4-5-14(12(18)7-10)22-15(21)8-11-9-23-16(20-11)13-3-1-2-6-19-13/h1-7,9H,8H2. The number of benzene rings is 1. The molecule has 3 rings (SSSR count). The van der Waals surface area contributed by atoms with E-state index < -0.39 is 11.8 Å². The van der Waals surface area contributed by atoms with Crippen LogP contribution in [0.3, 0.4) is 0 Å². The van der Waals surface area contributed by atoms with Gasteiger partial charge in [-0.3, -0.25) is 9.78 Å². The van der Waals surface area contributed by atoms with Gasteiger partial charge in [-0.15, -0.1) is 11.3 Å². The van der Waals surface area contributed by atoms with Crippen molar-refractivity contribution in [2.45, 2.75) is 6.42 Å². The minimum Gasteiger partial charge on any atom is -0.423 e. The van der Waals surface area contributed by atoms with Gasteiger partial charge in [-0.05, 0) is 30.3 Å². The van der Waals surface area contributed by atoms with Gasteiger partial charge in [-0.1, -0.05) is 22.0 Å². The zero-order valence-electron chi connectivity index (χ0n) is 11.7. The normalized spacial score (nSPS) is 10.5. The molecule has 0 bridgehead atoms. The van der Waals surface area contributed by atoms with Crippen LogP contribution in [0.25, 0.3) is 10.7 Å². The molecule has 0 saturated heterocycles. The summed E-state index contributed by atoms with van der Waals surface area (Å²) in [6, 6.07) is 9.78. The maximum atomic E-state index is 13.6. The number of carbonyl (C=O) groups is 1. The van der Waals surface area contributed by atoms with Crippen molar-refractivity contribution in [2.24, 2.45) is 0 Å². The van der Waals surface area contributed by atoms with Crippen molar-refractivity contribution in [3.05, 3.63) is 64.0 Å². The van der Waals surface area contributed by atoms with Crippen LogP contribution in [0.15, 0.2) is 52.4 Å². The van der Waals surface area contributed by atoms with Gasteiger partial charge in [0.25, 0.3) is 0 Å². The fourth-order valence-corrected chi connectivity index (χ4v) is 2.99. The minimum absolute atomic E-state index is 0.0289. The number of carbonyl (C=O) groups excluding carboxylic acids is 1. The number of hydrogen-bond acceptors (Lipinski definition) is 5. The lowest BCUT2D eigenvalue weighted by Crippen LogP contribution is -2.12. The summed E-state index contributed by atoms with van der Waals surface area (Å²) in [5, 5.41) is 2.49. The largest absolute Gasteiger partial charge is 0.423 e. The van der Waals surface area contributed by atoms with Gasteiger partial charge in [-0.2, -0.15) is 0 Å². The van der Waals surface area contributed by atoms with Crippen LogP contribution >= 0.6 is 27.3 Å². The summed E-state index contributed by atoms with van der Waals surface area (Å²) in [6.45, 7) is 0. The molecule has 4 nitrogen and oxygen atoms in total. The van der Waals surface area contributed by atoms with Gasteiger partial charge in [0.05, 0.1) is 17.8 Å². The Morgan fingerprint density at radius 1 is 1.30 bits per heavy atom. The SMILES string of the molecule is O=C(Cc1csc(-c2ccccn2)n1)Oc1ccc(Br)cc1F. The molecule has 0 aliphatic rings. The number of hydrogen-bond donors (Lipinski definition) is 0. The van der Waals surface area contributed by atoms with Crippen molar-refractivity contribution in [1.82, 2.24) is 9.97 Å². The molecule has 0 aliphatic heterocycles. The van der Waals surface area contributed by atoms with Gasteiger partial charge in [0.1, 0.15) is 5.01 Å². The smallest absolute Gasteiger partial charge is 0.317 e. The van der Waals surface area contributed by atoms with Crippen LogP contribution in [0, 0.1) is 5.82 Å². The number of nitrogens with zero attached hydrogens (tertiary/aromatic N) is 2. The van der Waals surface area contributed by atoms with Crippen molar-refractivity contribution in [2.75, 3.05) is 0 Å². The van der Waals surface area contributed by atoms with Crippen molar-refractivity contribution < 1.29 is 13.9 Å². The number of rotatable bonds is 4. The number of halogens is 2. The summed E-state index contributed by atoms with van der Waals surface area (Å²) >= 11 is 4.54. The molecular formula is C16H10BrFN2O2S. The van der Waals surface area contributed by atoms with E-state index in [1.165, 1.54) is 23.5 Å². The second-order valence-corrected chi connectivity index (χ2v) is 6.36. The number of thiazole rings is 1. The second-order valence-electron chi connectivity index (χ2n) is 4.58. The Labute approximate surface area is 144 Å². The van der Waals surface area contributed by atoms with Crippen LogP contribution in [0.1, 0.15) is 5.69 Å². The van der Waals surface area contributed by atoms with Crippen molar-refractivity contribution in [3.8, 4) is 16.5 Å². The lowest BCUT2D eigenvalue weighted by molar-refractivity contribution is -0.133. The van der Waals surface area contributed by atoms with Gasteiger partial charge in [0.15, 0.2) is 11.6 Å². The van der Waals surface area contributed by atoms with E-state index in [0.29, 0.717) is 10.2 Å². The second kappa shape index (κ2) is 6.97. The number of esters is 1. The molecule has 1 aromatic carbocycles. The molecule has 0 atom stereocenters. The summed E-state index contributed by atoms with van der Waals surface area (Å²) in [4.78, 5) is 20.5. The average Bonchev–Trinajstić information content (AvgIpc) is 2.99. The molecule has 0 unspecified atom stereocenters. The molecule has 23 heavy (non-hydrogen) atoms. The highest BCUT2D eigenvalue weighted by molar-refractivity contribution is 9.10. The van der Waals surface area contributed by atoms with Crippen LogP contribution in [-0.4, -0.2) is 15.9 Å². The number of ether oxygens (including phenoxy) is 1. The highest BCUT2D eigenvalue weighted by atomic mass is 79.9. The Bertz CT molecular complexity index is 839. The molecule has 0 fully saturated rings. The first kappa shape index (κ1) is 15.8. The third kappa shape index (κ3) is 4.00. The molecule has 0 amide bonds. The highest BCUT2D eigenvalue weighted by Crippen LogP contribution is 2.23. The first-order valence-corrected chi connectivity index (χ1v) is 8.30. The monoisotopic (exact) mass is 392 g/mol. The molecule has 0 spiro atoms. The number of aromatic nitrogens is 2. The Morgan fingerprint density at radius 2 is 2.17 bits per heavy atom. The summed E-state index contributed by atoms with van der Waals surface area (Å²) in [5.41, 5.74) is 1.31. The zero-order valence-corrected chi connectivity index (χ0v) is 14.1. The summed E-state index contributed by atoms with van der Waals surface area (Å²) in [6.07, 6.45) is 1.65. The molecular weight excluding hydrogens is 383 g/mol. The third-order valence-corrected chi connectivity index (χ3v) is 4.29. The van der Waals surface area contributed by atoms with Gasteiger partial charge in [-0.25, -0.2) is 9.37 Å². The van der Waals surface area contributed by atoms with E-state index >= 15 is 0 Å². The fraction of sp³-hybridized carbons (Fsp3) is 0.0625. The van der Waals surface area contributed by atoms with Crippen LogP contribution in [0.2, 0.25) is 0 Å². The molecule has 7 heteroatoms. The lowest BCUT2D eigenvalue weighted by Gasteiger charge is -2.04. The average molecular weight is 393 g/mol. The highest BCUT2D eigenvalue weighted by Gasteiger charge is 2.13. The van der Waals surface area contributed by atoms with E-state index in [9.17, 15) is 9.18 Å². The lowest BCUT2D eigenvalue weighted by atomic mass is 10.3. The molecule has 2 aromatic heterocycles. The number of pyridine rings is 1. The van der Waals surface area contributed by atoms with E-state index in [1.54, 1.807) is 17.6 Å². The van der Waals surface area contributed by atoms with Gasteiger partial charge >= 0.3 is 5.97 Å². The molecule has 0 radical (unpaired) electrons. The molecule has 3 aromatic rings. The van der Waals surface area contributed by atoms with Gasteiger partial charge < -0.3 is 4.74 Å². The quantitative estimate of drug-likeness (QED) is 0.491. The maximum absolute atomic E-state index is 13.6. The Balaban J connectivity index is 1.68. The van der Waals surface area contributed by atoms with E-state index in [4.69, 9.17) is 4.74 Å². The minimum atomic E-state index is -0.597. The zero-order chi connectivity index (χ0) is 16.2. The molecule has 0 aliphatic carbocycles. The van der Waals surface area contributed by atoms with Crippen molar-refractivity contribution in [3.63, 3.8) is 0 Å². The molecule has 2 heterocycles. The van der Waals surface area contributed by atoms with Crippen LogP contribution in [0.5, 0.6) is 5.75 Å². The third-order valence-electron chi connectivity index (χ3n) is 2.88. The van der Waals surface area contributed by atoms with E-state index in [0.717, 1.165) is 10.7 Å². The maximum Gasteiger partial charge on any atom is 0.317 e. The molecule has 0 N–H and O–H groups in total. The topological polar surface area (TPSA) is 52.1 Å². The van der Waals surface area contributed by atoms with E-state index in [-0.39, 0.29) is 12.2 Å². The van der Waals surface area contributed by atoms with Crippen molar-refractivity contribution >= 4 is 33.2 Å². The van der Waals surface area contributed by atoms with Crippen LogP contribution in [0.4, 0.5) is 4.39 Å². The molecule has 0 saturated carbocycles. The van der Waals surface area contributed by atoms with Gasteiger partial charge in [0, 0.05) is 16.0 Å². The molecule has 116 valence electrons. The Kier molecular flexibility index (Phi) is 4.78. The van der Waals surface area contributed by atoms with Gasteiger partial charge in [0.2, 0.25) is 0 Å².